The van der Waals surface area contributed by atoms with E-state index in [1.54, 1.807) is 6.92 Å². The van der Waals surface area contributed by atoms with E-state index in [2.05, 4.69) is 24.4 Å². The van der Waals surface area contributed by atoms with Gasteiger partial charge in [-0.15, -0.1) is 0 Å². The van der Waals surface area contributed by atoms with Crippen molar-refractivity contribution in [3.05, 3.63) is 35.9 Å². The maximum atomic E-state index is 11.6. The average molecular weight is 391 g/mol. The number of benzene rings is 1. The molecule has 5 nitrogen and oxygen atoms in total. The molecule has 0 aliphatic carbocycles. The maximum Gasteiger partial charge on any atom is 0.237 e. The smallest absolute Gasteiger partial charge is 0.237 e. The van der Waals surface area contributed by atoms with Gasteiger partial charge < -0.3 is 11.1 Å². The fraction of sp³-hybridized carbons (Fsp3) is 0.609. The first-order valence-electron chi connectivity index (χ1n) is 10.2. The molecule has 0 fully saturated rings. The van der Waals surface area contributed by atoms with Gasteiger partial charge in [0.2, 0.25) is 5.91 Å². The molecule has 1 amide bonds. The van der Waals surface area contributed by atoms with Crippen molar-refractivity contribution in [2.24, 2.45) is 17.6 Å². The van der Waals surface area contributed by atoms with Crippen LogP contribution in [0.2, 0.25) is 0 Å². The van der Waals surface area contributed by atoms with Gasteiger partial charge in [-0.05, 0) is 44.6 Å². The van der Waals surface area contributed by atoms with E-state index in [1.807, 2.05) is 39.0 Å². The lowest BCUT2D eigenvalue weighted by Crippen LogP contribution is -2.48. The van der Waals surface area contributed by atoms with Crippen LogP contribution in [0.3, 0.4) is 0 Å². The summed E-state index contributed by atoms with van der Waals surface area (Å²) in [7, 11) is 0. The molecule has 5 heteroatoms. The van der Waals surface area contributed by atoms with Gasteiger partial charge in [0, 0.05) is 12.3 Å². The standard InChI is InChI=1S/C14H20O.C9H18N2O2/c1-3-12(2)14(15)11-7-10-13-8-5-4-6-9-13;1-5(2)8(7(4)12)11-9(13)6(3)10/h4-6,8-9,12H,3,7,10-11H2,1-2H3;5-6,8H,10H2,1-4H3,(H,11,13)/t12-;6-,8?/m00/s1. The van der Waals surface area contributed by atoms with Gasteiger partial charge in [-0.1, -0.05) is 58.0 Å². The Labute approximate surface area is 170 Å². The Morgan fingerprint density at radius 3 is 2.04 bits per heavy atom. The summed E-state index contributed by atoms with van der Waals surface area (Å²) in [5.74, 6) is 0.423. The third-order valence-corrected chi connectivity index (χ3v) is 4.71. The zero-order chi connectivity index (χ0) is 21.7. The van der Waals surface area contributed by atoms with Gasteiger partial charge in [0.05, 0.1) is 12.1 Å². The number of rotatable bonds is 10. The minimum absolute atomic E-state index is 0.0380. The second-order valence-electron chi connectivity index (χ2n) is 7.74. The van der Waals surface area contributed by atoms with Crippen molar-refractivity contribution in [1.82, 2.24) is 5.32 Å². The molecule has 1 aromatic carbocycles. The van der Waals surface area contributed by atoms with E-state index in [1.165, 1.54) is 12.5 Å². The first kappa shape index (κ1) is 26.0. The SMILES string of the molecule is CC(=O)C(NC(=O)[C@H](C)N)C(C)C.CC[C@H](C)C(=O)CCCc1ccccc1. The molecule has 3 atom stereocenters. The normalized spacial score (nSPS) is 13.7. The molecule has 0 saturated heterocycles. The highest BCUT2D eigenvalue weighted by Crippen LogP contribution is 2.10. The number of carbonyl (C=O) groups excluding carboxylic acids is 3. The van der Waals surface area contributed by atoms with Crippen LogP contribution in [-0.2, 0) is 20.8 Å². The van der Waals surface area contributed by atoms with E-state index < -0.39 is 12.1 Å². The summed E-state index contributed by atoms with van der Waals surface area (Å²) in [6.45, 7) is 10.9. The van der Waals surface area contributed by atoms with Gasteiger partial charge in [0.25, 0.3) is 0 Å². The molecule has 0 aromatic heterocycles. The summed E-state index contributed by atoms with van der Waals surface area (Å²) in [6.07, 6.45) is 3.68. The topological polar surface area (TPSA) is 89.3 Å². The number of amides is 1. The molecule has 0 radical (unpaired) electrons. The Bertz CT molecular complexity index is 597. The number of ketones is 2. The lowest BCUT2D eigenvalue weighted by molar-refractivity contribution is -0.128. The third kappa shape index (κ3) is 11.0. The van der Waals surface area contributed by atoms with Crippen molar-refractivity contribution in [3.8, 4) is 0 Å². The molecule has 0 bridgehead atoms. The molecule has 28 heavy (non-hydrogen) atoms. The number of hydrogen-bond donors (Lipinski definition) is 2. The highest BCUT2D eigenvalue weighted by atomic mass is 16.2. The van der Waals surface area contributed by atoms with E-state index in [-0.39, 0.29) is 23.5 Å². The zero-order valence-corrected chi connectivity index (χ0v) is 18.3. The predicted molar refractivity (Wildman–Crippen MR) is 115 cm³/mol. The second-order valence-corrected chi connectivity index (χ2v) is 7.74. The Kier molecular flexibility index (Phi) is 13.0. The van der Waals surface area contributed by atoms with Crippen LogP contribution in [-0.4, -0.2) is 29.6 Å². The van der Waals surface area contributed by atoms with Gasteiger partial charge in [-0.3, -0.25) is 14.4 Å². The van der Waals surface area contributed by atoms with Gasteiger partial charge in [0.15, 0.2) is 5.78 Å². The Balaban J connectivity index is 0.000000528. The summed E-state index contributed by atoms with van der Waals surface area (Å²) in [5, 5.41) is 2.60. The molecule has 0 spiro atoms. The van der Waals surface area contributed by atoms with E-state index in [0.717, 1.165) is 25.7 Å². The molecule has 1 rings (SSSR count). The highest BCUT2D eigenvalue weighted by molar-refractivity contribution is 5.89. The van der Waals surface area contributed by atoms with Crippen molar-refractivity contribution < 1.29 is 14.4 Å². The number of carbonyl (C=O) groups is 3. The zero-order valence-electron chi connectivity index (χ0n) is 18.3. The molecule has 1 aromatic rings. The summed E-state index contributed by atoms with van der Waals surface area (Å²) < 4.78 is 0. The Morgan fingerprint density at radius 2 is 1.61 bits per heavy atom. The lowest BCUT2D eigenvalue weighted by Gasteiger charge is -2.20. The van der Waals surface area contributed by atoms with Crippen LogP contribution in [0.1, 0.15) is 66.4 Å². The lowest BCUT2D eigenvalue weighted by atomic mass is 9.98. The van der Waals surface area contributed by atoms with E-state index in [9.17, 15) is 14.4 Å². The Morgan fingerprint density at radius 1 is 1.04 bits per heavy atom. The molecular formula is C23H38N2O3. The van der Waals surface area contributed by atoms with Crippen molar-refractivity contribution in [3.63, 3.8) is 0 Å². The first-order valence-corrected chi connectivity index (χ1v) is 10.2. The number of Topliss-reactive ketones (excluding diaryl/α,β-unsaturated/α-hetero) is 2. The van der Waals surface area contributed by atoms with Gasteiger partial charge >= 0.3 is 0 Å². The van der Waals surface area contributed by atoms with Crippen LogP contribution < -0.4 is 11.1 Å². The van der Waals surface area contributed by atoms with E-state index in [0.29, 0.717) is 5.78 Å². The van der Waals surface area contributed by atoms with Crippen molar-refractivity contribution in [2.45, 2.75) is 79.3 Å². The van der Waals surface area contributed by atoms with Crippen LogP contribution in [0.5, 0.6) is 0 Å². The molecule has 3 N–H and O–H groups in total. The highest BCUT2D eigenvalue weighted by Gasteiger charge is 2.21. The van der Waals surface area contributed by atoms with E-state index in [4.69, 9.17) is 5.73 Å². The first-order chi connectivity index (χ1) is 13.1. The second kappa shape index (κ2) is 14.1. The molecule has 0 heterocycles. The molecule has 0 aliphatic rings. The Hall–Kier alpha value is -2.01. The molecule has 1 unspecified atom stereocenters. The minimum atomic E-state index is -0.569. The van der Waals surface area contributed by atoms with Gasteiger partial charge in [-0.2, -0.15) is 0 Å². The van der Waals surface area contributed by atoms with Crippen LogP contribution in [0.4, 0.5) is 0 Å². The summed E-state index contributed by atoms with van der Waals surface area (Å²) in [6, 6.07) is 9.37. The summed E-state index contributed by atoms with van der Waals surface area (Å²) >= 11 is 0. The third-order valence-electron chi connectivity index (χ3n) is 4.71. The number of nitrogens with two attached hydrogens (primary N) is 1. The minimum Gasteiger partial charge on any atom is -0.345 e. The van der Waals surface area contributed by atoms with Gasteiger partial charge in [0.1, 0.15) is 5.78 Å². The molecular weight excluding hydrogens is 352 g/mol. The van der Waals surface area contributed by atoms with Crippen LogP contribution >= 0.6 is 0 Å². The van der Waals surface area contributed by atoms with Crippen LogP contribution in [0.15, 0.2) is 30.3 Å². The maximum absolute atomic E-state index is 11.6. The molecule has 0 aliphatic heterocycles. The predicted octanol–water partition coefficient (Wildman–Crippen LogP) is 3.69. The average Bonchev–Trinajstić information content (AvgIpc) is 2.65. The summed E-state index contributed by atoms with van der Waals surface area (Å²) in [4.78, 5) is 33.8. The fourth-order valence-electron chi connectivity index (χ4n) is 2.61. The van der Waals surface area contributed by atoms with Crippen molar-refractivity contribution in [2.75, 3.05) is 0 Å². The monoisotopic (exact) mass is 390 g/mol. The quantitative estimate of drug-likeness (QED) is 0.638. The van der Waals surface area contributed by atoms with Crippen molar-refractivity contribution >= 4 is 17.5 Å². The largest absolute Gasteiger partial charge is 0.345 e. The number of hydrogen-bond acceptors (Lipinski definition) is 4. The number of nitrogens with one attached hydrogen (secondary N) is 1. The fourth-order valence-corrected chi connectivity index (χ4v) is 2.61. The number of aryl methyl sites for hydroxylation is 1. The van der Waals surface area contributed by atoms with E-state index >= 15 is 0 Å². The molecule has 158 valence electrons. The van der Waals surface area contributed by atoms with Crippen molar-refractivity contribution in [1.29, 1.82) is 0 Å². The summed E-state index contributed by atoms with van der Waals surface area (Å²) in [5.41, 5.74) is 6.69. The van der Waals surface area contributed by atoms with Gasteiger partial charge in [-0.25, -0.2) is 0 Å². The van der Waals surface area contributed by atoms with Crippen LogP contribution in [0.25, 0.3) is 0 Å². The van der Waals surface area contributed by atoms with Crippen LogP contribution in [0, 0.1) is 11.8 Å². The molecule has 0 saturated carbocycles.